The minimum Gasteiger partial charge on any atom is -0.510 e. The Kier molecular flexibility index (Phi) is 8.58. The van der Waals surface area contributed by atoms with Crippen molar-refractivity contribution in [2.45, 2.75) is 51.0 Å². The molecule has 1 fully saturated rings. The average Bonchev–Trinajstić information content (AvgIpc) is 2.92. The highest BCUT2D eigenvalue weighted by Gasteiger charge is 2.53. The molecule has 6 nitrogen and oxygen atoms in total. The number of hydrogen-bond acceptors (Lipinski definition) is 6. The van der Waals surface area contributed by atoms with Crippen LogP contribution in [0, 0.1) is 0 Å². The van der Waals surface area contributed by atoms with Crippen LogP contribution in [-0.4, -0.2) is 39.6 Å². The number of esters is 1. The molecule has 7 heteroatoms. The molecule has 1 heterocycles. The highest BCUT2D eigenvalue weighted by molar-refractivity contribution is 7.00. The minimum absolute atomic E-state index is 0.0651. The Hall–Kier alpha value is -3.26. The third kappa shape index (κ3) is 6.36. The highest BCUT2D eigenvalue weighted by Crippen LogP contribution is 2.37. The molecule has 37 heavy (non-hydrogen) atoms. The van der Waals surface area contributed by atoms with Gasteiger partial charge < -0.3 is 18.6 Å². The van der Waals surface area contributed by atoms with E-state index in [-0.39, 0.29) is 31.1 Å². The molecule has 0 N–H and O–H groups in total. The largest absolute Gasteiger partial charge is 0.510 e. The predicted octanol–water partition coefficient (Wildman–Crippen LogP) is 4.53. The van der Waals surface area contributed by atoms with Crippen LogP contribution in [0.4, 0.5) is 0 Å². The molecule has 1 aliphatic rings. The van der Waals surface area contributed by atoms with Crippen molar-refractivity contribution in [3.8, 4) is 0 Å². The third-order valence-corrected chi connectivity index (χ3v) is 11.4. The van der Waals surface area contributed by atoms with Crippen molar-refractivity contribution < 1.29 is 28.2 Å². The summed E-state index contributed by atoms with van der Waals surface area (Å²) in [7, 11) is -3.01. The first kappa shape index (κ1) is 26.8. The Morgan fingerprint density at radius 1 is 0.757 bits per heavy atom. The van der Waals surface area contributed by atoms with E-state index in [1.165, 1.54) is 0 Å². The molecule has 0 saturated carbocycles. The Morgan fingerprint density at radius 3 is 1.70 bits per heavy atom. The summed E-state index contributed by atoms with van der Waals surface area (Å²) in [4.78, 5) is 25.7. The second-order valence-corrected chi connectivity index (χ2v) is 14.4. The maximum absolute atomic E-state index is 13.2. The molecule has 3 aromatic carbocycles. The number of benzene rings is 3. The molecule has 0 bridgehead atoms. The fraction of sp³-hybridized carbons (Fsp3) is 0.333. The molecule has 0 atom stereocenters. The van der Waals surface area contributed by atoms with Gasteiger partial charge in [0.05, 0.1) is 26.1 Å². The minimum atomic E-state index is -3.01. The summed E-state index contributed by atoms with van der Waals surface area (Å²) >= 11 is 0. The van der Waals surface area contributed by atoms with Gasteiger partial charge in [-0.15, -0.1) is 0 Å². The summed E-state index contributed by atoms with van der Waals surface area (Å²) in [6.45, 7) is 6.78. The summed E-state index contributed by atoms with van der Waals surface area (Å²) in [5.41, 5.74) is 0.915. The predicted molar refractivity (Wildman–Crippen MR) is 144 cm³/mol. The van der Waals surface area contributed by atoms with Gasteiger partial charge in [-0.1, -0.05) is 112 Å². The summed E-state index contributed by atoms with van der Waals surface area (Å²) in [6, 6.07) is 29.5. The van der Waals surface area contributed by atoms with Crippen LogP contribution in [0.15, 0.2) is 91.0 Å². The van der Waals surface area contributed by atoms with Gasteiger partial charge in [0.25, 0.3) is 5.97 Å². The molecule has 0 spiro atoms. The monoisotopic (exact) mass is 518 g/mol. The zero-order valence-electron chi connectivity index (χ0n) is 21.6. The molecular formula is C30H34O6Si. The quantitative estimate of drug-likeness (QED) is 0.322. The van der Waals surface area contributed by atoms with E-state index in [1.54, 1.807) is 0 Å². The van der Waals surface area contributed by atoms with E-state index in [4.69, 9.17) is 18.6 Å². The van der Waals surface area contributed by atoms with E-state index in [2.05, 4.69) is 20.8 Å². The Morgan fingerprint density at radius 2 is 1.22 bits per heavy atom. The standard InChI is InChI=1S/C30H34O6Si/c1-30(2,3)37(25-15-9-5-10-16-25,26-17-11-6-12-18-26)36-28(32)20-19-27(31)35-24-21-33-29(34-22-24)23-13-7-4-8-14-23/h4-18,24,29H,19-22H2,1-3H3. The second kappa shape index (κ2) is 11.9. The smallest absolute Gasteiger partial charge is 0.323 e. The van der Waals surface area contributed by atoms with E-state index < -0.39 is 32.6 Å². The van der Waals surface area contributed by atoms with Crippen molar-refractivity contribution >= 4 is 30.6 Å². The molecule has 0 amide bonds. The molecule has 0 aromatic heterocycles. The van der Waals surface area contributed by atoms with Gasteiger partial charge in [0.2, 0.25) is 0 Å². The van der Waals surface area contributed by atoms with Crippen LogP contribution >= 0.6 is 0 Å². The van der Waals surface area contributed by atoms with Crippen molar-refractivity contribution in [1.82, 2.24) is 0 Å². The van der Waals surface area contributed by atoms with Crippen LogP contribution in [0.3, 0.4) is 0 Å². The summed E-state index contributed by atoms with van der Waals surface area (Å²) in [5.74, 6) is -0.888. The van der Waals surface area contributed by atoms with Crippen molar-refractivity contribution in [1.29, 1.82) is 0 Å². The Labute approximate surface area is 219 Å². The molecule has 3 aromatic rings. The number of hydrogen-bond donors (Lipinski definition) is 0. The number of carbonyl (C=O) groups is 2. The number of ether oxygens (including phenoxy) is 3. The van der Waals surface area contributed by atoms with Crippen molar-refractivity contribution in [3.63, 3.8) is 0 Å². The lowest BCUT2D eigenvalue weighted by atomic mass is 10.2. The molecule has 1 aliphatic heterocycles. The fourth-order valence-corrected chi connectivity index (χ4v) is 9.05. The van der Waals surface area contributed by atoms with Gasteiger partial charge in [0.1, 0.15) is 6.10 Å². The molecule has 194 valence electrons. The molecule has 1 saturated heterocycles. The number of carbonyl (C=O) groups excluding carboxylic acids is 2. The fourth-order valence-electron chi connectivity index (χ4n) is 4.68. The first-order valence-corrected chi connectivity index (χ1v) is 14.5. The molecular weight excluding hydrogens is 484 g/mol. The van der Waals surface area contributed by atoms with Crippen molar-refractivity contribution in [2.24, 2.45) is 0 Å². The lowest BCUT2D eigenvalue weighted by Crippen LogP contribution is -2.67. The average molecular weight is 519 g/mol. The van der Waals surface area contributed by atoms with E-state index in [1.807, 2.05) is 91.0 Å². The van der Waals surface area contributed by atoms with Crippen molar-refractivity contribution in [3.05, 3.63) is 96.6 Å². The summed E-state index contributed by atoms with van der Waals surface area (Å²) in [5, 5.41) is 1.68. The van der Waals surface area contributed by atoms with Gasteiger partial charge in [0.15, 0.2) is 6.29 Å². The normalized spacial score (nSPS) is 18.1. The van der Waals surface area contributed by atoms with Gasteiger partial charge in [0, 0.05) is 5.56 Å². The third-order valence-electron chi connectivity index (χ3n) is 6.45. The van der Waals surface area contributed by atoms with E-state index in [0.717, 1.165) is 15.9 Å². The first-order valence-electron chi connectivity index (χ1n) is 12.6. The molecule has 0 aliphatic carbocycles. The van der Waals surface area contributed by atoms with E-state index >= 15 is 0 Å². The van der Waals surface area contributed by atoms with Crippen molar-refractivity contribution in [2.75, 3.05) is 13.2 Å². The molecule has 4 rings (SSSR count). The maximum Gasteiger partial charge on any atom is 0.323 e. The van der Waals surface area contributed by atoms with Gasteiger partial charge in [-0.25, -0.2) is 0 Å². The summed E-state index contributed by atoms with van der Waals surface area (Å²) in [6.07, 6.45) is -1.13. The van der Waals surface area contributed by atoms with Gasteiger partial charge in [-0.2, -0.15) is 0 Å². The first-order chi connectivity index (χ1) is 17.8. The lowest BCUT2D eigenvalue weighted by molar-refractivity contribution is -0.229. The maximum atomic E-state index is 13.2. The van der Waals surface area contributed by atoms with E-state index in [0.29, 0.717) is 0 Å². The zero-order valence-corrected chi connectivity index (χ0v) is 22.6. The SMILES string of the molecule is CC(C)(C)[Si](OC(=O)CCC(=O)OC1COC(c2ccccc2)OC1)(c1ccccc1)c1ccccc1. The lowest BCUT2D eigenvalue weighted by Gasteiger charge is -2.42. The van der Waals surface area contributed by atoms with Crippen LogP contribution in [0.1, 0.15) is 45.5 Å². The zero-order chi connectivity index (χ0) is 26.3. The number of rotatable bonds is 8. The highest BCUT2D eigenvalue weighted by atomic mass is 28.4. The van der Waals surface area contributed by atoms with Gasteiger partial charge in [-0.05, 0) is 15.4 Å². The van der Waals surface area contributed by atoms with Crippen LogP contribution in [0.2, 0.25) is 5.04 Å². The van der Waals surface area contributed by atoms with Crippen LogP contribution in [-0.2, 0) is 28.2 Å². The van der Waals surface area contributed by atoms with Crippen LogP contribution < -0.4 is 10.4 Å². The van der Waals surface area contributed by atoms with E-state index in [9.17, 15) is 9.59 Å². The molecule has 0 radical (unpaired) electrons. The van der Waals surface area contributed by atoms with Gasteiger partial charge >= 0.3 is 14.3 Å². The van der Waals surface area contributed by atoms with Crippen LogP contribution in [0.25, 0.3) is 0 Å². The second-order valence-electron chi connectivity index (χ2n) is 10.2. The van der Waals surface area contributed by atoms with Gasteiger partial charge in [-0.3, -0.25) is 9.59 Å². The molecule has 0 unspecified atom stereocenters. The summed E-state index contributed by atoms with van der Waals surface area (Å²) < 4.78 is 23.4. The van der Waals surface area contributed by atoms with Crippen LogP contribution in [0.5, 0.6) is 0 Å². The topological polar surface area (TPSA) is 71.1 Å². The Bertz CT molecular complexity index is 1110. The Balaban J connectivity index is 1.38.